The Balaban J connectivity index is 1.52. The van der Waals surface area contributed by atoms with Gasteiger partial charge in [0, 0.05) is 11.8 Å². The van der Waals surface area contributed by atoms with Gasteiger partial charge in [-0.1, -0.05) is 32.0 Å². The molecule has 0 aliphatic carbocycles. The fourth-order valence-electron chi connectivity index (χ4n) is 3.71. The van der Waals surface area contributed by atoms with Crippen LogP contribution in [0.25, 0.3) is 0 Å². The SMILES string of the molecule is CC[C@@H](C)c1ccccc1NC(=O)C[NH+]1CCN(c2ccc(C(F)(F)F)c[nH+]2)CC1. The molecule has 2 heterocycles. The van der Waals surface area contributed by atoms with E-state index in [4.69, 9.17) is 0 Å². The molecule has 5 nitrogen and oxygen atoms in total. The van der Waals surface area contributed by atoms with Gasteiger partial charge in [0.2, 0.25) is 0 Å². The Morgan fingerprint density at radius 2 is 1.90 bits per heavy atom. The summed E-state index contributed by atoms with van der Waals surface area (Å²) >= 11 is 0. The molecule has 0 saturated carbocycles. The van der Waals surface area contributed by atoms with E-state index in [1.54, 1.807) is 0 Å². The van der Waals surface area contributed by atoms with Crippen molar-refractivity contribution in [2.24, 2.45) is 0 Å². The number of nitrogens with one attached hydrogen (secondary N) is 3. The summed E-state index contributed by atoms with van der Waals surface area (Å²) in [5.41, 5.74) is 1.32. The monoisotopic (exact) mass is 422 g/mol. The average molecular weight is 422 g/mol. The standard InChI is InChI=1S/C22H27F3N4O/c1-3-16(2)18-6-4-5-7-19(18)27-21(30)15-28-10-12-29(13-11-28)20-9-8-17(14-26-20)22(23,24)25/h4-9,14,16H,3,10-13,15H2,1-2H3,(H,27,30)/p+2/t16-/m1/s1. The molecule has 0 bridgehead atoms. The van der Waals surface area contributed by atoms with Crippen LogP contribution >= 0.6 is 0 Å². The van der Waals surface area contributed by atoms with Crippen LogP contribution in [0.3, 0.4) is 0 Å². The first kappa shape index (κ1) is 22.1. The van der Waals surface area contributed by atoms with Gasteiger partial charge in [-0.25, -0.2) is 4.98 Å². The maximum absolute atomic E-state index is 12.7. The maximum atomic E-state index is 12.7. The Hall–Kier alpha value is -2.61. The maximum Gasteiger partial charge on any atom is 0.419 e. The molecule has 1 fully saturated rings. The second-order valence-electron chi connectivity index (χ2n) is 7.82. The number of hydrogen-bond acceptors (Lipinski definition) is 2. The number of pyridine rings is 1. The molecule has 1 aliphatic rings. The zero-order valence-electron chi connectivity index (χ0n) is 17.4. The van der Waals surface area contributed by atoms with Gasteiger partial charge in [-0.05, 0) is 30.0 Å². The molecular weight excluding hydrogens is 393 g/mol. The smallest absolute Gasteiger partial charge is 0.321 e. The van der Waals surface area contributed by atoms with Gasteiger partial charge in [0.25, 0.3) is 11.7 Å². The van der Waals surface area contributed by atoms with Crippen molar-refractivity contribution in [1.82, 2.24) is 0 Å². The fraction of sp³-hybridized carbons (Fsp3) is 0.455. The van der Waals surface area contributed by atoms with Crippen molar-refractivity contribution >= 4 is 17.4 Å². The third kappa shape index (κ3) is 5.50. The Bertz CT molecular complexity index is 846. The van der Waals surface area contributed by atoms with Crippen molar-refractivity contribution in [3.05, 3.63) is 53.7 Å². The molecule has 0 radical (unpaired) electrons. The van der Waals surface area contributed by atoms with E-state index in [0.717, 1.165) is 47.9 Å². The molecule has 1 aromatic heterocycles. The van der Waals surface area contributed by atoms with Gasteiger partial charge in [0.05, 0.1) is 5.56 Å². The van der Waals surface area contributed by atoms with Crippen LogP contribution in [0.1, 0.15) is 37.3 Å². The van der Waals surface area contributed by atoms with E-state index in [9.17, 15) is 18.0 Å². The number of nitrogens with zero attached hydrogens (tertiary/aromatic N) is 1. The predicted octanol–water partition coefficient (Wildman–Crippen LogP) is 2.38. The number of halogens is 3. The number of aromatic amines is 1. The predicted molar refractivity (Wildman–Crippen MR) is 110 cm³/mol. The highest BCUT2D eigenvalue weighted by atomic mass is 19.4. The van der Waals surface area contributed by atoms with E-state index in [2.05, 4.69) is 30.2 Å². The Morgan fingerprint density at radius 1 is 1.20 bits per heavy atom. The van der Waals surface area contributed by atoms with E-state index in [1.165, 1.54) is 6.07 Å². The lowest BCUT2D eigenvalue weighted by Gasteiger charge is -2.28. The van der Waals surface area contributed by atoms with Crippen LogP contribution in [0.15, 0.2) is 42.6 Å². The van der Waals surface area contributed by atoms with Crippen LogP contribution in [-0.4, -0.2) is 38.6 Å². The topological polar surface area (TPSA) is 50.9 Å². The number of benzene rings is 1. The van der Waals surface area contributed by atoms with Crippen LogP contribution < -0.4 is 20.1 Å². The minimum Gasteiger partial charge on any atom is -0.321 e. The minimum absolute atomic E-state index is 0.0182. The first-order chi connectivity index (χ1) is 14.3. The Kier molecular flexibility index (Phi) is 6.97. The highest BCUT2D eigenvalue weighted by molar-refractivity contribution is 5.92. The lowest BCUT2D eigenvalue weighted by Crippen LogP contribution is -3.15. The first-order valence-corrected chi connectivity index (χ1v) is 10.3. The molecule has 162 valence electrons. The second-order valence-corrected chi connectivity index (χ2v) is 7.82. The molecule has 3 rings (SSSR count). The zero-order chi connectivity index (χ0) is 21.7. The lowest BCUT2D eigenvalue weighted by molar-refractivity contribution is -0.892. The molecule has 0 spiro atoms. The van der Waals surface area contributed by atoms with Gasteiger partial charge in [-0.2, -0.15) is 13.2 Å². The van der Waals surface area contributed by atoms with E-state index in [-0.39, 0.29) is 5.91 Å². The highest BCUT2D eigenvalue weighted by Gasteiger charge is 2.33. The minimum atomic E-state index is -4.35. The zero-order valence-corrected chi connectivity index (χ0v) is 17.4. The van der Waals surface area contributed by atoms with Crippen LogP contribution in [0.4, 0.5) is 24.7 Å². The van der Waals surface area contributed by atoms with E-state index in [1.807, 2.05) is 23.1 Å². The fourth-order valence-corrected chi connectivity index (χ4v) is 3.71. The third-order valence-corrected chi connectivity index (χ3v) is 5.72. The number of aromatic nitrogens is 1. The molecule has 30 heavy (non-hydrogen) atoms. The van der Waals surface area contributed by atoms with Gasteiger partial charge < -0.3 is 10.2 Å². The number of anilines is 2. The molecule has 1 aromatic carbocycles. The summed E-state index contributed by atoms with van der Waals surface area (Å²) < 4.78 is 38.1. The van der Waals surface area contributed by atoms with Gasteiger partial charge in [0.1, 0.15) is 32.4 Å². The Morgan fingerprint density at radius 3 is 2.50 bits per heavy atom. The Labute approximate surface area is 174 Å². The van der Waals surface area contributed by atoms with Crippen molar-refractivity contribution in [1.29, 1.82) is 0 Å². The summed E-state index contributed by atoms with van der Waals surface area (Å²) in [6.07, 6.45) is -2.35. The number of carbonyl (C=O) groups excluding carboxylic acids is 1. The molecule has 1 amide bonds. The number of rotatable bonds is 6. The van der Waals surface area contributed by atoms with Crippen molar-refractivity contribution in [3.63, 3.8) is 0 Å². The van der Waals surface area contributed by atoms with Crippen LogP contribution in [0.5, 0.6) is 0 Å². The third-order valence-electron chi connectivity index (χ3n) is 5.72. The molecule has 0 unspecified atom stereocenters. The molecule has 2 aromatic rings. The summed E-state index contributed by atoms with van der Waals surface area (Å²) in [6, 6.07) is 10.5. The number of H-pyrrole nitrogens is 1. The molecule has 1 saturated heterocycles. The number of carbonyl (C=O) groups is 1. The van der Waals surface area contributed by atoms with Gasteiger partial charge >= 0.3 is 6.18 Å². The highest BCUT2D eigenvalue weighted by Crippen LogP contribution is 2.28. The summed E-state index contributed by atoms with van der Waals surface area (Å²) in [6.45, 7) is 7.49. The second kappa shape index (κ2) is 9.47. The van der Waals surface area contributed by atoms with Crippen molar-refractivity contribution < 1.29 is 27.8 Å². The number of hydrogen-bond donors (Lipinski definition) is 2. The van der Waals surface area contributed by atoms with Gasteiger partial charge in [-0.15, -0.1) is 0 Å². The summed E-state index contributed by atoms with van der Waals surface area (Å²) in [7, 11) is 0. The van der Waals surface area contributed by atoms with E-state index >= 15 is 0 Å². The van der Waals surface area contributed by atoms with Crippen molar-refractivity contribution in [2.75, 3.05) is 42.9 Å². The number of para-hydroxylation sites is 1. The molecule has 1 aliphatic heterocycles. The van der Waals surface area contributed by atoms with Crippen molar-refractivity contribution in [2.45, 2.75) is 32.4 Å². The van der Waals surface area contributed by atoms with Crippen LogP contribution in [-0.2, 0) is 11.0 Å². The summed E-state index contributed by atoms with van der Waals surface area (Å²) in [5, 5.41) is 3.05. The number of piperazine rings is 1. The molecule has 3 N–H and O–H groups in total. The van der Waals surface area contributed by atoms with Crippen LogP contribution in [0.2, 0.25) is 0 Å². The normalized spacial score (nSPS) is 16.4. The van der Waals surface area contributed by atoms with Crippen molar-refractivity contribution in [3.8, 4) is 0 Å². The van der Waals surface area contributed by atoms with Crippen LogP contribution in [0, 0.1) is 0 Å². The number of alkyl halides is 3. The lowest BCUT2D eigenvalue weighted by atomic mass is 9.97. The average Bonchev–Trinajstić information content (AvgIpc) is 2.73. The summed E-state index contributed by atoms with van der Waals surface area (Å²) in [4.78, 5) is 18.5. The first-order valence-electron chi connectivity index (χ1n) is 10.3. The number of amides is 1. The summed E-state index contributed by atoms with van der Waals surface area (Å²) in [5.74, 6) is 1.02. The molecule has 8 heteroatoms. The van der Waals surface area contributed by atoms with E-state index in [0.29, 0.717) is 31.4 Å². The largest absolute Gasteiger partial charge is 0.419 e. The van der Waals surface area contributed by atoms with Gasteiger partial charge in [0.15, 0.2) is 6.54 Å². The molecular formula is C22H29F3N4O+2. The quantitative estimate of drug-likeness (QED) is 0.751. The molecule has 1 atom stereocenters. The van der Waals surface area contributed by atoms with Gasteiger partial charge in [-0.3, -0.25) is 9.69 Å². The number of quaternary nitrogens is 1. The van der Waals surface area contributed by atoms with E-state index < -0.39 is 11.7 Å².